The van der Waals surface area contributed by atoms with E-state index < -0.39 is 4.92 Å². The Morgan fingerprint density at radius 3 is 2.16 bits per heavy atom. The molecule has 224 valence electrons. The third kappa shape index (κ3) is 7.24. The molecule has 0 radical (unpaired) electrons. The highest BCUT2D eigenvalue weighted by Gasteiger charge is 2.30. The second-order valence-electron chi connectivity index (χ2n) is 11.0. The van der Waals surface area contributed by atoms with Crippen LogP contribution in [0.15, 0.2) is 69.6 Å². The molecule has 5 rings (SSSR count). The van der Waals surface area contributed by atoms with Crippen LogP contribution in [0.25, 0.3) is 28.2 Å². The van der Waals surface area contributed by atoms with Crippen LogP contribution in [0.1, 0.15) is 76.7 Å². The van der Waals surface area contributed by atoms with Gasteiger partial charge < -0.3 is 4.90 Å². The summed E-state index contributed by atoms with van der Waals surface area (Å²) in [6, 6.07) is 18.2. The lowest BCUT2D eigenvalue weighted by Gasteiger charge is -2.29. The summed E-state index contributed by atoms with van der Waals surface area (Å²) in [5.41, 5.74) is 5.51. The van der Waals surface area contributed by atoms with E-state index in [2.05, 4.69) is 49.1 Å². The minimum atomic E-state index is -0.420. The van der Waals surface area contributed by atoms with Gasteiger partial charge in [0.15, 0.2) is 0 Å². The van der Waals surface area contributed by atoms with E-state index in [-0.39, 0.29) is 11.6 Å². The molecule has 1 amide bonds. The fourth-order valence-corrected chi connectivity index (χ4v) is 6.41. The average molecular weight is 709 g/mol. The lowest BCUT2D eigenvalue weighted by atomic mass is 9.95. The average Bonchev–Trinajstić information content (AvgIpc) is 3.42. The van der Waals surface area contributed by atoms with Crippen molar-refractivity contribution in [2.75, 3.05) is 4.90 Å². The Kier molecular flexibility index (Phi) is 10.4. The maximum Gasteiger partial charge on any atom is 0.269 e. The zero-order valence-electron chi connectivity index (χ0n) is 24.3. The van der Waals surface area contributed by atoms with Crippen LogP contribution in [-0.2, 0) is 11.3 Å². The van der Waals surface area contributed by atoms with Crippen molar-refractivity contribution in [2.45, 2.75) is 77.7 Å². The molecular weight excluding hydrogens is 674 g/mol. The van der Waals surface area contributed by atoms with E-state index in [9.17, 15) is 14.9 Å². The highest BCUT2D eigenvalue weighted by molar-refractivity contribution is 9.10. The number of halogens is 2. The van der Waals surface area contributed by atoms with Gasteiger partial charge in [-0.1, -0.05) is 101 Å². The highest BCUT2D eigenvalue weighted by Crippen LogP contribution is 2.43. The van der Waals surface area contributed by atoms with E-state index in [1.54, 1.807) is 16.8 Å². The lowest BCUT2D eigenvalue weighted by Crippen LogP contribution is -2.31. The number of aromatic nitrogens is 3. The van der Waals surface area contributed by atoms with Gasteiger partial charge in [0.2, 0.25) is 5.91 Å². The Morgan fingerprint density at radius 2 is 1.49 bits per heavy atom. The van der Waals surface area contributed by atoms with Gasteiger partial charge in [0, 0.05) is 38.6 Å². The van der Waals surface area contributed by atoms with Gasteiger partial charge in [-0.3, -0.25) is 14.9 Å². The molecule has 1 aromatic heterocycles. The van der Waals surface area contributed by atoms with Gasteiger partial charge in [0.05, 0.1) is 22.8 Å². The van der Waals surface area contributed by atoms with Gasteiger partial charge in [-0.05, 0) is 54.4 Å². The van der Waals surface area contributed by atoms with Crippen molar-refractivity contribution < 1.29 is 9.72 Å². The van der Waals surface area contributed by atoms with E-state index >= 15 is 0 Å². The number of hydrogen-bond donors (Lipinski definition) is 0. The summed E-state index contributed by atoms with van der Waals surface area (Å²) in [5.74, 6) is 0.0828. The predicted molar refractivity (Wildman–Crippen MR) is 177 cm³/mol. The number of nitrogens with zero attached hydrogens (tertiary/aromatic N) is 5. The first-order valence-corrected chi connectivity index (χ1v) is 16.6. The Hall–Kier alpha value is -3.37. The highest BCUT2D eigenvalue weighted by atomic mass is 79.9. The Labute approximate surface area is 268 Å². The summed E-state index contributed by atoms with van der Waals surface area (Å²) in [6.45, 7) is 2.63. The summed E-state index contributed by atoms with van der Waals surface area (Å²) in [4.78, 5) is 26.6. The number of anilines is 1. The lowest BCUT2D eigenvalue weighted by molar-refractivity contribution is -0.384. The smallest absolute Gasteiger partial charge is 0.269 e. The van der Waals surface area contributed by atoms with E-state index in [1.165, 1.54) is 50.7 Å². The Morgan fingerprint density at radius 1 is 0.860 bits per heavy atom. The van der Waals surface area contributed by atoms with Gasteiger partial charge in [-0.25, -0.2) is 4.68 Å². The summed E-state index contributed by atoms with van der Waals surface area (Å²) in [6.07, 6.45) is 11.3. The number of carbonyl (C=O) groups is 1. The molecule has 0 aliphatic carbocycles. The zero-order chi connectivity index (χ0) is 30.3. The largest absolute Gasteiger partial charge is 0.307 e. The normalized spacial score (nSPS) is 12.2. The Balaban J connectivity index is 1.47. The molecule has 3 aromatic carbocycles. The molecule has 43 heavy (non-hydrogen) atoms. The minimum absolute atomic E-state index is 0.00686. The van der Waals surface area contributed by atoms with Gasteiger partial charge in [0.1, 0.15) is 11.4 Å². The first-order chi connectivity index (χ1) is 20.9. The Bertz CT molecular complexity index is 1600. The minimum Gasteiger partial charge on any atom is -0.307 e. The molecule has 0 saturated carbocycles. The quantitative estimate of drug-likeness (QED) is 0.0830. The van der Waals surface area contributed by atoms with Crippen molar-refractivity contribution in [2.24, 2.45) is 0 Å². The molecular formula is C33H35Br2N5O3. The number of benzene rings is 3. The second kappa shape index (κ2) is 14.4. The first-order valence-electron chi connectivity index (χ1n) is 15.0. The number of rotatable bonds is 12. The number of nitro benzene ring substituents is 1. The third-order valence-corrected chi connectivity index (χ3v) is 8.91. The van der Waals surface area contributed by atoms with Crippen molar-refractivity contribution in [1.82, 2.24) is 15.0 Å². The van der Waals surface area contributed by atoms with Crippen LogP contribution in [0.2, 0.25) is 0 Å². The number of non-ortho nitro benzene ring substituents is 1. The molecule has 4 aromatic rings. The first kappa shape index (κ1) is 31.1. The number of fused-ring (bicyclic) bond motifs is 5. The summed E-state index contributed by atoms with van der Waals surface area (Å²) in [7, 11) is 0. The van der Waals surface area contributed by atoms with Crippen LogP contribution in [0, 0.1) is 10.1 Å². The van der Waals surface area contributed by atoms with Gasteiger partial charge in [-0.15, -0.1) is 5.10 Å². The van der Waals surface area contributed by atoms with Gasteiger partial charge in [0.25, 0.3) is 5.69 Å². The number of amides is 1. The second-order valence-corrected chi connectivity index (χ2v) is 12.8. The SMILES string of the molecule is CCCCCCCCCCCC(=O)N1Cc2cc(Br)ccc2-c2c(nnn2-c2ccc([N+](=O)[O-])cc2)-c2ccc(Br)cc21. The number of unbranched alkanes of at least 4 members (excludes halogenated alkanes) is 8. The predicted octanol–water partition coefficient (Wildman–Crippen LogP) is 9.80. The van der Waals surface area contributed by atoms with Gasteiger partial charge >= 0.3 is 0 Å². The fraction of sp³-hybridized carbons (Fsp3) is 0.364. The molecule has 0 unspecified atom stereocenters. The van der Waals surface area contributed by atoms with Crippen molar-refractivity contribution in [3.05, 3.63) is 85.3 Å². The van der Waals surface area contributed by atoms with Crippen molar-refractivity contribution in [1.29, 1.82) is 0 Å². The van der Waals surface area contributed by atoms with Crippen molar-refractivity contribution in [3.63, 3.8) is 0 Å². The maximum atomic E-state index is 13.9. The van der Waals surface area contributed by atoms with Crippen LogP contribution in [0.3, 0.4) is 0 Å². The monoisotopic (exact) mass is 707 g/mol. The standard InChI is InChI=1S/C33H35Br2N5O3/c1-2-3-4-5-6-7-8-9-10-11-31(41)38-22-23-20-24(34)12-18-28(23)33-32(29-19-13-25(35)21-30(29)38)36-37-39(33)26-14-16-27(17-15-26)40(42)43/h12-21H,2-11,22H2,1H3. The summed E-state index contributed by atoms with van der Waals surface area (Å²) < 4.78 is 3.49. The van der Waals surface area contributed by atoms with Crippen LogP contribution in [0.4, 0.5) is 11.4 Å². The molecule has 1 aliphatic heterocycles. The third-order valence-electron chi connectivity index (χ3n) is 7.93. The van der Waals surface area contributed by atoms with Crippen LogP contribution in [-0.4, -0.2) is 25.8 Å². The number of hydrogen-bond acceptors (Lipinski definition) is 5. The maximum absolute atomic E-state index is 13.9. The molecule has 10 heteroatoms. The van der Waals surface area contributed by atoms with Crippen LogP contribution >= 0.6 is 31.9 Å². The van der Waals surface area contributed by atoms with E-state index in [0.29, 0.717) is 24.3 Å². The number of carbonyl (C=O) groups excluding carboxylic acids is 1. The summed E-state index contributed by atoms with van der Waals surface area (Å²) in [5, 5.41) is 20.4. The molecule has 0 atom stereocenters. The molecule has 0 bridgehead atoms. The molecule has 1 aliphatic rings. The molecule has 0 N–H and O–H groups in total. The summed E-state index contributed by atoms with van der Waals surface area (Å²) >= 11 is 7.24. The molecule has 8 nitrogen and oxygen atoms in total. The molecule has 0 saturated heterocycles. The molecule has 0 fully saturated rings. The molecule has 0 spiro atoms. The number of nitro groups is 1. The van der Waals surface area contributed by atoms with Crippen molar-refractivity contribution >= 4 is 49.1 Å². The van der Waals surface area contributed by atoms with Crippen molar-refractivity contribution in [3.8, 4) is 28.2 Å². The molecule has 2 heterocycles. The van der Waals surface area contributed by atoms with Crippen LogP contribution < -0.4 is 4.90 Å². The van der Waals surface area contributed by atoms with Crippen LogP contribution in [0.5, 0.6) is 0 Å². The zero-order valence-corrected chi connectivity index (χ0v) is 27.4. The van der Waals surface area contributed by atoms with Gasteiger partial charge in [-0.2, -0.15) is 0 Å². The van der Waals surface area contributed by atoms with E-state index in [0.717, 1.165) is 56.3 Å². The topological polar surface area (TPSA) is 94.2 Å². The van der Waals surface area contributed by atoms with E-state index in [1.807, 2.05) is 41.3 Å². The fourth-order valence-electron chi connectivity index (χ4n) is 5.65. The van der Waals surface area contributed by atoms with E-state index in [4.69, 9.17) is 0 Å².